The van der Waals surface area contributed by atoms with Crippen molar-refractivity contribution in [2.45, 2.75) is 13.5 Å². The molecule has 1 N–H and O–H groups in total. The zero-order valence-electron chi connectivity index (χ0n) is 11.2. The second-order valence-electron chi connectivity index (χ2n) is 4.73. The van der Waals surface area contributed by atoms with Crippen LogP contribution >= 0.6 is 11.6 Å². The van der Waals surface area contributed by atoms with Crippen molar-refractivity contribution in [3.63, 3.8) is 0 Å². The average Bonchev–Trinajstić information content (AvgIpc) is 2.84. The molecule has 0 aliphatic heterocycles. The Morgan fingerprint density at radius 3 is 3.00 bits per heavy atom. The van der Waals surface area contributed by atoms with Gasteiger partial charge in [-0.05, 0) is 36.8 Å². The van der Waals surface area contributed by atoms with Crippen molar-refractivity contribution < 1.29 is 0 Å². The van der Waals surface area contributed by atoms with Crippen LogP contribution in [0.4, 0.5) is 5.69 Å². The van der Waals surface area contributed by atoms with E-state index in [2.05, 4.69) is 15.4 Å². The fourth-order valence-corrected chi connectivity index (χ4v) is 2.34. The molecule has 20 heavy (non-hydrogen) atoms. The van der Waals surface area contributed by atoms with Gasteiger partial charge in [0, 0.05) is 35.0 Å². The molecule has 0 atom stereocenters. The number of aromatic nitrogens is 3. The van der Waals surface area contributed by atoms with Crippen molar-refractivity contribution in [2.24, 2.45) is 0 Å². The summed E-state index contributed by atoms with van der Waals surface area (Å²) >= 11 is 5.99. The van der Waals surface area contributed by atoms with Gasteiger partial charge >= 0.3 is 0 Å². The zero-order chi connectivity index (χ0) is 13.9. The molecule has 102 valence electrons. The van der Waals surface area contributed by atoms with Crippen LogP contribution in [0.25, 0.3) is 10.9 Å². The molecule has 1 aromatic carbocycles. The van der Waals surface area contributed by atoms with Crippen LogP contribution in [0, 0.1) is 6.92 Å². The van der Waals surface area contributed by atoms with Gasteiger partial charge in [-0.3, -0.25) is 9.67 Å². The number of halogens is 1. The van der Waals surface area contributed by atoms with Crippen molar-refractivity contribution in [1.82, 2.24) is 14.8 Å². The number of hydrogen-bond acceptors (Lipinski definition) is 3. The quantitative estimate of drug-likeness (QED) is 0.798. The number of rotatable bonds is 4. The van der Waals surface area contributed by atoms with E-state index in [-0.39, 0.29) is 0 Å². The van der Waals surface area contributed by atoms with Crippen LogP contribution in [0.1, 0.15) is 5.56 Å². The number of fused-ring (bicyclic) bond motifs is 1. The van der Waals surface area contributed by atoms with Crippen LogP contribution in [0.3, 0.4) is 0 Å². The molecule has 0 saturated carbocycles. The van der Waals surface area contributed by atoms with Gasteiger partial charge < -0.3 is 5.32 Å². The van der Waals surface area contributed by atoms with Crippen LogP contribution in [0.15, 0.2) is 42.9 Å². The summed E-state index contributed by atoms with van der Waals surface area (Å²) in [7, 11) is 0. The molecule has 0 fully saturated rings. The molecule has 3 rings (SSSR count). The lowest BCUT2D eigenvalue weighted by Gasteiger charge is -2.09. The van der Waals surface area contributed by atoms with Crippen LogP contribution in [-0.2, 0) is 6.54 Å². The fourth-order valence-electron chi connectivity index (χ4n) is 2.17. The van der Waals surface area contributed by atoms with Crippen molar-refractivity contribution in [2.75, 3.05) is 11.9 Å². The Hall–Kier alpha value is -2.07. The highest BCUT2D eigenvalue weighted by atomic mass is 35.5. The lowest BCUT2D eigenvalue weighted by molar-refractivity contribution is 0.638. The first kappa shape index (κ1) is 12.9. The van der Waals surface area contributed by atoms with E-state index in [1.54, 1.807) is 6.20 Å². The highest BCUT2D eigenvalue weighted by molar-refractivity contribution is 6.31. The van der Waals surface area contributed by atoms with Crippen LogP contribution in [0.2, 0.25) is 5.02 Å². The molecule has 0 radical (unpaired) electrons. The monoisotopic (exact) mass is 286 g/mol. The number of anilines is 1. The van der Waals surface area contributed by atoms with E-state index in [1.807, 2.05) is 48.3 Å². The number of aryl methyl sites for hydroxylation is 1. The Morgan fingerprint density at radius 1 is 1.30 bits per heavy atom. The minimum Gasteiger partial charge on any atom is -0.383 e. The Kier molecular flexibility index (Phi) is 3.56. The van der Waals surface area contributed by atoms with Gasteiger partial charge in [-0.2, -0.15) is 5.10 Å². The van der Waals surface area contributed by atoms with Crippen molar-refractivity contribution in [3.8, 4) is 0 Å². The van der Waals surface area contributed by atoms with Crippen LogP contribution in [0.5, 0.6) is 0 Å². The van der Waals surface area contributed by atoms with E-state index in [0.29, 0.717) is 5.02 Å². The van der Waals surface area contributed by atoms with Crippen LogP contribution < -0.4 is 5.32 Å². The van der Waals surface area contributed by atoms with Crippen molar-refractivity contribution >= 4 is 28.2 Å². The summed E-state index contributed by atoms with van der Waals surface area (Å²) < 4.78 is 1.93. The third kappa shape index (κ3) is 2.75. The summed E-state index contributed by atoms with van der Waals surface area (Å²) in [6.45, 7) is 3.67. The maximum atomic E-state index is 5.99. The largest absolute Gasteiger partial charge is 0.383 e. The first-order valence-electron chi connectivity index (χ1n) is 6.49. The van der Waals surface area contributed by atoms with E-state index >= 15 is 0 Å². The van der Waals surface area contributed by atoms with Crippen LogP contribution in [-0.4, -0.2) is 21.3 Å². The normalized spacial score (nSPS) is 10.9. The van der Waals surface area contributed by atoms with Gasteiger partial charge in [0.25, 0.3) is 0 Å². The SMILES string of the molecule is Cc1cnn(CCNc2ccnc3cc(Cl)ccc23)c1. The minimum atomic E-state index is 0.703. The minimum absolute atomic E-state index is 0.703. The van der Waals surface area contributed by atoms with Gasteiger partial charge in [0.05, 0.1) is 18.3 Å². The Balaban J connectivity index is 1.74. The molecule has 4 nitrogen and oxygen atoms in total. The highest BCUT2D eigenvalue weighted by Gasteiger charge is 2.02. The Bertz CT molecular complexity index is 736. The summed E-state index contributed by atoms with van der Waals surface area (Å²) in [5, 5.41) is 9.47. The summed E-state index contributed by atoms with van der Waals surface area (Å²) in [6.07, 6.45) is 5.69. The second-order valence-corrected chi connectivity index (χ2v) is 5.16. The molecule has 5 heteroatoms. The zero-order valence-corrected chi connectivity index (χ0v) is 11.9. The molecule has 0 aliphatic carbocycles. The van der Waals surface area contributed by atoms with Gasteiger partial charge in [-0.15, -0.1) is 0 Å². The molecule has 0 amide bonds. The lowest BCUT2D eigenvalue weighted by atomic mass is 10.2. The van der Waals surface area contributed by atoms with E-state index in [1.165, 1.54) is 5.56 Å². The maximum Gasteiger partial charge on any atom is 0.0737 e. The van der Waals surface area contributed by atoms with Gasteiger partial charge in [-0.1, -0.05) is 11.6 Å². The van der Waals surface area contributed by atoms with Gasteiger partial charge in [0.1, 0.15) is 0 Å². The van der Waals surface area contributed by atoms with E-state index in [0.717, 1.165) is 29.7 Å². The summed E-state index contributed by atoms with van der Waals surface area (Å²) in [5.74, 6) is 0. The maximum absolute atomic E-state index is 5.99. The number of benzene rings is 1. The molecule has 0 bridgehead atoms. The average molecular weight is 287 g/mol. The third-order valence-electron chi connectivity index (χ3n) is 3.12. The Labute approximate surface area is 122 Å². The van der Waals surface area contributed by atoms with Crippen molar-refractivity contribution in [1.29, 1.82) is 0 Å². The third-order valence-corrected chi connectivity index (χ3v) is 3.36. The van der Waals surface area contributed by atoms with Crippen molar-refractivity contribution in [3.05, 3.63) is 53.4 Å². The molecular formula is C15H15ClN4. The van der Waals surface area contributed by atoms with E-state index in [4.69, 9.17) is 11.6 Å². The molecule has 2 heterocycles. The standard InChI is InChI=1S/C15H15ClN4/c1-11-9-19-20(10-11)7-6-18-14-4-5-17-15-8-12(16)2-3-13(14)15/h2-5,8-10H,6-7H2,1H3,(H,17,18). The predicted molar refractivity (Wildman–Crippen MR) is 82.2 cm³/mol. The summed E-state index contributed by atoms with van der Waals surface area (Å²) in [6, 6.07) is 7.72. The number of nitrogens with zero attached hydrogens (tertiary/aromatic N) is 3. The molecular weight excluding hydrogens is 272 g/mol. The number of hydrogen-bond donors (Lipinski definition) is 1. The fraction of sp³-hybridized carbons (Fsp3) is 0.200. The summed E-state index contributed by atoms with van der Waals surface area (Å²) in [5.41, 5.74) is 3.14. The lowest BCUT2D eigenvalue weighted by Crippen LogP contribution is -2.11. The number of nitrogens with one attached hydrogen (secondary N) is 1. The molecule has 0 spiro atoms. The Morgan fingerprint density at radius 2 is 2.20 bits per heavy atom. The predicted octanol–water partition coefficient (Wildman–Crippen LogP) is 3.51. The highest BCUT2D eigenvalue weighted by Crippen LogP contribution is 2.24. The van der Waals surface area contributed by atoms with Gasteiger partial charge in [-0.25, -0.2) is 0 Å². The van der Waals surface area contributed by atoms with E-state index < -0.39 is 0 Å². The van der Waals surface area contributed by atoms with Gasteiger partial charge in [0.15, 0.2) is 0 Å². The molecule has 0 saturated heterocycles. The van der Waals surface area contributed by atoms with E-state index in [9.17, 15) is 0 Å². The molecule has 0 unspecified atom stereocenters. The second kappa shape index (κ2) is 5.51. The number of pyridine rings is 1. The smallest absolute Gasteiger partial charge is 0.0737 e. The first-order chi connectivity index (χ1) is 9.72. The summed E-state index contributed by atoms with van der Waals surface area (Å²) in [4.78, 5) is 4.33. The molecule has 0 aliphatic rings. The molecule has 3 aromatic rings. The first-order valence-corrected chi connectivity index (χ1v) is 6.87. The molecule has 2 aromatic heterocycles. The topological polar surface area (TPSA) is 42.7 Å². The van der Waals surface area contributed by atoms with Gasteiger partial charge in [0.2, 0.25) is 0 Å².